The van der Waals surface area contributed by atoms with Gasteiger partial charge in [0.2, 0.25) is 0 Å². The third kappa shape index (κ3) is 7.44. The Morgan fingerprint density at radius 2 is 1.71 bits per heavy atom. The highest BCUT2D eigenvalue weighted by Gasteiger charge is 2.33. The van der Waals surface area contributed by atoms with Crippen molar-refractivity contribution in [3.63, 3.8) is 0 Å². The van der Waals surface area contributed by atoms with Crippen molar-refractivity contribution in [2.75, 3.05) is 12.9 Å². The molecular formula is C16H27NO5S2. The lowest BCUT2D eigenvalue weighted by molar-refractivity contribution is -0.198. The van der Waals surface area contributed by atoms with Gasteiger partial charge in [0.05, 0.1) is 12.0 Å². The molecule has 8 heteroatoms. The van der Waals surface area contributed by atoms with Crippen LogP contribution in [0.25, 0.3) is 0 Å². The Morgan fingerprint density at radius 1 is 1.12 bits per heavy atom. The quantitative estimate of drug-likeness (QED) is 0.427. The van der Waals surface area contributed by atoms with Crippen molar-refractivity contribution < 1.29 is 24.0 Å². The Morgan fingerprint density at radius 3 is 2.25 bits per heavy atom. The van der Waals surface area contributed by atoms with E-state index < -0.39 is 23.4 Å². The van der Waals surface area contributed by atoms with E-state index in [1.807, 2.05) is 24.6 Å². The molecule has 24 heavy (non-hydrogen) atoms. The molecule has 1 aliphatic rings. The van der Waals surface area contributed by atoms with Crippen molar-refractivity contribution in [1.82, 2.24) is 5.06 Å². The third-order valence-corrected chi connectivity index (χ3v) is 6.31. The SMILES string of the molecule is CSSC(C)(C)CCOC(C)(C)CCC(=O)ON1C(=O)CCC1=O. The van der Waals surface area contributed by atoms with E-state index in [1.54, 1.807) is 10.8 Å². The molecule has 0 atom stereocenters. The van der Waals surface area contributed by atoms with Gasteiger partial charge in [-0.15, -0.1) is 5.06 Å². The van der Waals surface area contributed by atoms with Crippen LogP contribution < -0.4 is 0 Å². The first kappa shape index (κ1) is 21.3. The minimum Gasteiger partial charge on any atom is -0.376 e. The zero-order valence-electron chi connectivity index (χ0n) is 15.0. The van der Waals surface area contributed by atoms with E-state index in [4.69, 9.17) is 9.57 Å². The van der Waals surface area contributed by atoms with E-state index in [9.17, 15) is 14.4 Å². The second-order valence-electron chi connectivity index (χ2n) is 6.91. The lowest BCUT2D eigenvalue weighted by atomic mass is 10.0. The van der Waals surface area contributed by atoms with Gasteiger partial charge in [0.25, 0.3) is 11.8 Å². The molecule has 0 aromatic heterocycles. The fraction of sp³-hybridized carbons (Fsp3) is 0.812. The van der Waals surface area contributed by atoms with Crippen molar-refractivity contribution in [3.8, 4) is 0 Å². The molecule has 0 saturated carbocycles. The van der Waals surface area contributed by atoms with Gasteiger partial charge in [0.1, 0.15) is 0 Å². The lowest BCUT2D eigenvalue weighted by Crippen LogP contribution is -2.33. The molecule has 0 N–H and O–H groups in total. The van der Waals surface area contributed by atoms with Gasteiger partial charge in [-0.25, -0.2) is 4.79 Å². The number of imide groups is 1. The monoisotopic (exact) mass is 377 g/mol. The Labute approximate surface area is 151 Å². The van der Waals surface area contributed by atoms with Crippen molar-refractivity contribution in [1.29, 1.82) is 0 Å². The number of carbonyl (C=O) groups is 3. The number of hydrogen-bond acceptors (Lipinski definition) is 7. The van der Waals surface area contributed by atoms with E-state index in [0.717, 1.165) is 6.42 Å². The Bertz CT molecular complexity index is 463. The number of rotatable bonds is 10. The van der Waals surface area contributed by atoms with E-state index in [1.165, 1.54) is 0 Å². The molecule has 1 aliphatic heterocycles. The first-order valence-corrected chi connectivity index (χ1v) is 10.5. The first-order chi connectivity index (χ1) is 11.1. The molecule has 0 aliphatic carbocycles. The first-order valence-electron chi connectivity index (χ1n) is 7.99. The standard InChI is InChI=1S/C16H27NO5S2/c1-15(2,21-11-10-16(3,4)24-23-5)9-8-14(20)22-17-12(18)6-7-13(17)19/h6-11H2,1-5H3. The second kappa shape index (κ2) is 9.10. The van der Waals surface area contributed by atoms with Gasteiger partial charge in [0, 0.05) is 24.2 Å². The van der Waals surface area contributed by atoms with Crippen LogP contribution >= 0.6 is 21.6 Å². The fourth-order valence-corrected chi connectivity index (χ4v) is 4.34. The van der Waals surface area contributed by atoms with Gasteiger partial charge >= 0.3 is 5.97 Å². The van der Waals surface area contributed by atoms with Crippen LogP contribution in [0.3, 0.4) is 0 Å². The van der Waals surface area contributed by atoms with Crippen LogP contribution in [0, 0.1) is 0 Å². The molecule has 0 radical (unpaired) electrons. The van der Waals surface area contributed by atoms with E-state index in [0.29, 0.717) is 18.1 Å². The zero-order chi connectivity index (χ0) is 18.4. The summed E-state index contributed by atoms with van der Waals surface area (Å²) in [5.74, 6) is -1.51. The summed E-state index contributed by atoms with van der Waals surface area (Å²) in [5.41, 5.74) is -0.474. The fourth-order valence-electron chi connectivity index (χ4n) is 2.12. The summed E-state index contributed by atoms with van der Waals surface area (Å²) in [6.45, 7) is 8.78. The summed E-state index contributed by atoms with van der Waals surface area (Å²) in [6.07, 6.45) is 3.71. The Hall–Kier alpha value is -0.730. The number of carbonyl (C=O) groups excluding carboxylic acids is 3. The average molecular weight is 378 g/mol. The molecule has 1 heterocycles. The molecule has 0 unspecified atom stereocenters. The largest absolute Gasteiger partial charge is 0.376 e. The Balaban J connectivity index is 2.32. The molecule has 0 bridgehead atoms. The topological polar surface area (TPSA) is 72.9 Å². The molecule has 0 spiro atoms. The van der Waals surface area contributed by atoms with Gasteiger partial charge in [-0.3, -0.25) is 9.59 Å². The zero-order valence-corrected chi connectivity index (χ0v) is 16.7. The highest BCUT2D eigenvalue weighted by molar-refractivity contribution is 8.76. The highest BCUT2D eigenvalue weighted by atomic mass is 33.1. The van der Waals surface area contributed by atoms with Gasteiger partial charge in [-0.1, -0.05) is 21.6 Å². The average Bonchev–Trinajstić information content (AvgIpc) is 2.76. The number of ether oxygens (including phenoxy) is 1. The Kier molecular flexibility index (Phi) is 8.08. The predicted molar refractivity (Wildman–Crippen MR) is 96.2 cm³/mol. The van der Waals surface area contributed by atoms with E-state index in [-0.39, 0.29) is 24.0 Å². The molecule has 6 nitrogen and oxygen atoms in total. The van der Waals surface area contributed by atoms with Crippen LogP contribution in [0.4, 0.5) is 0 Å². The number of amides is 2. The van der Waals surface area contributed by atoms with E-state index in [2.05, 4.69) is 20.1 Å². The molecule has 1 fully saturated rings. The predicted octanol–water partition coefficient (Wildman–Crippen LogP) is 3.35. The summed E-state index contributed by atoms with van der Waals surface area (Å²) in [6, 6.07) is 0. The number of hydroxylamine groups is 2. The summed E-state index contributed by atoms with van der Waals surface area (Å²) in [4.78, 5) is 39.5. The number of nitrogens with zero attached hydrogens (tertiary/aromatic N) is 1. The van der Waals surface area contributed by atoms with Crippen molar-refractivity contribution >= 4 is 39.4 Å². The van der Waals surface area contributed by atoms with Crippen LogP contribution in [0.5, 0.6) is 0 Å². The molecule has 0 aromatic rings. The molecule has 2 amide bonds. The summed E-state index contributed by atoms with van der Waals surface area (Å²) in [5, 5.41) is 0.582. The molecule has 138 valence electrons. The molecule has 1 rings (SSSR count). The van der Waals surface area contributed by atoms with Crippen molar-refractivity contribution in [2.45, 2.75) is 70.1 Å². The van der Waals surface area contributed by atoms with Crippen LogP contribution in [0.2, 0.25) is 0 Å². The van der Waals surface area contributed by atoms with Gasteiger partial charge < -0.3 is 9.57 Å². The van der Waals surface area contributed by atoms with Crippen LogP contribution in [-0.2, 0) is 24.0 Å². The van der Waals surface area contributed by atoms with E-state index >= 15 is 0 Å². The molecule has 1 saturated heterocycles. The van der Waals surface area contributed by atoms with Gasteiger partial charge in [-0.2, -0.15) is 0 Å². The maximum absolute atomic E-state index is 11.8. The maximum Gasteiger partial charge on any atom is 0.333 e. The van der Waals surface area contributed by atoms with Crippen LogP contribution in [0.1, 0.15) is 59.8 Å². The summed E-state index contributed by atoms with van der Waals surface area (Å²) >= 11 is 0. The maximum atomic E-state index is 11.8. The third-order valence-electron chi connectivity index (χ3n) is 3.64. The number of hydrogen-bond donors (Lipinski definition) is 0. The second-order valence-corrected chi connectivity index (χ2v) is 10.0. The normalized spacial score (nSPS) is 16.0. The van der Waals surface area contributed by atoms with Crippen LogP contribution in [0.15, 0.2) is 0 Å². The highest BCUT2D eigenvalue weighted by Crippen LogP contribution is 2.36. The minimum absolute atomic E-state index is 0.0903. The summed E-state index contributed by atoms with van der Waals surface area (Å²) in [7, 11) is 3.55. The van der Waals surface area contributed by atoms with Crippen molar-refractivity contribution in [2.24, 2.45) is 0 Å². The van der Waals surface area contributed by atoms with Crippen LogP contribution in [-0.4, -0.2) is 46.1 Å². The minimum atomic E-state index is -0.589. The smallest absolute Gasteiger partial charge is 0.333 e. The molecule has 0 aromatic carbocycles. The molecular weight excluding hydrogens is 350 g/mol. The van der Waals surface area contributed by atoms with Crippen molar-refractivity contribution in [3.05, 3.63) is 0 Å². The summed E-state index contributed by atoms with van der Waals surface area (Å²) < 4.78 is 6.03. The lowest BCUT2D eigenvalue weighted by Gasteiger charge is -2.28. The van der Waals surface area contributed by atoms with Gasteiger partial charge in [-0.05, 0) is 46.8 Å². The van der Waals surface area contributed by atoms with Gasteiger partial charge in [0.15, 0.2) is 0 Å².